The molecule has 1 aromatic rings. The summed E-state index contributed by atoms with van der Waals surface area (Å²) in [5, 5.41) is 3.48. The molecule has 0 aliphatic carbocycles. The van der Waals surface area contributed by atoms with Gasteiger partial charge in [0.1, 0.15) is 5.75 Å². The van der Waals surface area contributed by atoms with Gasteiger partial charge in [0, 0.05) is 33.3 Å². The Morgan fingerprint density at radius 2 is 2.03 bits per heavy atom. The minimum Gasteiger partial charge on any atom is -0.496 e. The van der Waals surface area contributed by atoms with Crippen LogP contribution in [0.5, 0.6) is 5.75 Å². The fourth-order valence-electron chi connectivity index (χ4n) is 3.90. The van der Waals surface area contributed by atoms with Gasteiger partial charge >= 0.3 is 0 Å². The highest BCUT2D eigenvalue weighted by Gasteiger charge is 2.23. The summed E-state index contributed by atoms with van der Waals surface area (Å²) < 4.78 is 17.3. The quantitative estimate of drug-likeness (QED) is 0.354. The summed E-state index contributed by atoms with van der Waals surface area (Å²) in [6, 6.07) is 6.31. The Morgan fingerprint density at radius 1 is 1.24 bits per heavy atom. The average molecular weight is 517 g/mol. The molecule has 0 saturated carbocycles. The number of guanidine groups is 1. The molecule has 1 aromatic carbocycles. The van der Waals surface area contributed by atoms with Gasteiger partial charge in [0.15, 0.2) is 5.96 Å². The zero-order valence-electron chi connectivity index (χ0n) is 18.0. The second kappa shape index (κ2) is 12.6. The predicted octanol–water partition coefficient (Wildman–Crippen LogP) is 3.75. The monoisotopic (exact) mass is 517 g/mol. The van der Waals surface area contributed by atoms with Crippen molar-refractivity contribution in [2.75, 3.05) is 40.5 Å². The number of aryl methyl sites for hydroxylation is 1. The number of hydrogen-bond donors (Lipinski definition) is 1. The van der Waals surface area contributed by atoms with Gasteiger partial charge in [-0.2, -0.15) is 0 Å². The zero-order valence-corrected chi connectivity index (χ0v) is 20.3. The zero-order chi connectivity index (χ0) is 19.8. The molecule has 0 aromatic heterocycles. The summed E-state index contributed by atoms with van der Waals surface area (Å²) in [6.45, 7) is 6.36. The predicted molar refractivity (Wildman–Crippen MR) is 127 cm³/mol. The lowest BCUT2D eigenvalue weighted by atomic mass is 10.1. The van der Waals surface area contributed by atoms with Crippen molar-refractivity contribution >= 4 is 29.9 Å². The molecule has 1 unspecified atom stereocenters. The molecular weight excluding hydrogens is 481 g/mol. The molecule has 0 amide bonds. The average Bonchev–Trinajstić information content (AvgIpc) is 2.75. The Labute approximate surface area is 192 Å². The largest absolute Gasteiger partial charge is 0.496 e. The molecule has 29 heavy (non-hydrogen) atoms. The topological polar surface area (TPSA) is 55.3 Å². The number of ether oxygens (including phenoxy) is 3. The number of halogens is 1. The van der Waals surface area contributed by atoms with E-state index in [1.165, 1.54) is 18.4 Å². The highest BCUT2D eigenvalue weighted by molar-refractivity contribution is 14.0. The Hall–Kier alpha value is -1.06. The van der Waals surface area contributed by atoms with Crippen molar-refractivity contribution in [3.05, 3.63) is 29.3 Å². The van der Waals surface area contributed by atoms with Crippen LogP contribution in [-0.2, 0) is 16.0 Å². The van der Waals surface area contributed by atoms with Crippen LogP contribution in [0, 0.1) is 6.92 Å². The molecule has 0 spiro atoms. The number of aliphatic imine (C=N–C) groups is 1. The van der Waals surface area contributed by atoms with Gasteiger partial charge in [0.05, 0.1) is 25.9 Å². The van der Waals surface area contributed by atoms with Crippen LogP contribution in [0.1, 0.15) is 43.2 Å². The number of nitrogens with one attached hydrogen (secondary N) is 1. The number of benzene rings is 1. The minimum atomic E-state index is 0. The third kappa shape index (κ3) is 7.29. The number of hydrogen-bond acceptors (Lipinski definition) is 4. The number of likely N-dealkylation sites (tertiary alicyclic amines) is 1. The summed E-state index contributed by atoms with van der Waals surface area (Å²) in [5.41, 5.74) is 2.34. The van der Waals surface area contributed by atoms with E-state index >= 15 is 0 Å². The van der Waals surface area contributed by atoms with Crippen LogP contribution in [0.2, 0.25) is 0 Å². The fourth-order valence-corrected chi connectivity index (χ4v) is 3.90. The lowest BCUT2D eigenvalue weighted by Gasteiger charge is -2.35. The summed E-state index contributed by atoms with van der Waals surface area (Å²) in [6.07, 6.45) is 6.29. The normalized spacial score (nSPS) is 20.9. The van der Waals surface area contributed by atoms with Gasteiger partial charge in [-0.05, 0) is 56.2 Å². The molecule has 2 saturated heterocycles. The summed E-state index contributed by atoms with van der Waals surface area (Å²) in [4.78, 5) is 6.79. The lowest BCUT2D eigenvalue weighted by Crippen LogP contribution is -2.47. The van der Waals surface area contributed by atoms with Crippen LogP contribution in [0.25, 0.3) is 0 Å². The Bertz CT molecular complexity index is 642. The number of piperidine rings is 1. The van der Waals surface area contributed by atoms with Crippen LogP contribution < -0.4 is 10.1 Å². The summed E-state index contributed by atoms with van der Waals surface area (Å²) in [5.74, 6) is 1.88. The van der Waals surface area contributed by atoms with Crippen LogP contribution in [0.15, 0.2) is 23.2 Å². The first-order valence-electron chi connectivity index (χ1n) is 10.5. The highest BCUT2D eigenvalue weighted by atomic mass is 127. The number of nitrogens with zero attached hydrogens (tertiary/aromatic N) is 2. The smallest absolute Gasteiger partial charge is 0.193 e. The molecule has 6 nitrogen and oxygen atoms in total. The molecule has 2 aliphatic heterocycles. The third-order valence-electron chi connectivity index (χ3n) is 5.67. The van der Waals surface area contributed by atoms with Crippen LogP contribution in [0.3, 0.4) is 0 Å². The van der Waals surface area contributed by atoms with Crippen molar-refractivity contribution in [1.82, 2.24) is 10.2 Å². The Morgan fingerprint density at radius 3 is 2.69 bits per heavy atom. The van der Waals surface area contributed by atoms with Crippen molar-refractivity contribution in [3.63, 3.8) is 0 Å². The van der Waals surface area contributed by atoms with E-state index in [2.05, 4.69) is 40.3 Å². The van der Waals surface area contributed by atoms with Gasteiger partial charge < -0.3 is 24.4 Å². The van der Waals surface area contributed by atoms with Crippen LogP contribution >= 0.6 is 24.0 Å². The molecule has 0 bridgehead atoms. The second-order valence-electron chi connectivity index (χ2n) is 7.71. The van der Waals surface area contributed by atoms with Gasteiger partial charge in [-0.1, -0.05) is 12.1 Å². The Balaban J connectivity index is 0.00000300. The van der Waals surface area contributed by atoms with E-state index in [0.29, 0.717) is 12.2 Å². The van der Waals surface area contributed by atoms with Gasteiger partial charge in [-0.25, -0.2) is 0 Å². The van der Waals surface area contributed by atoms with Gasteiger partial charge in [0.25, 0.3) is 0 Å². The molecule has 2 heterocycles. The van der Waals surface area contributed by atoms with Gasteiger partial charge in [0.2, 0.25) is 0 Å². The third-order valence-corrected chi connectivity index (χ3v) is 5.67. The van der Waals surface area contributed by atoms with E-state index in [9.17, 15) is 0 Å². The van der Waals surface area contributed by atoms with E-state index in [-0.39, 0.29) is 24.0 Å². The number of methoxy groups -OCH3 is 1. The maximum Gasteiger partial charge on any atom is 0.193 e. The lowest BCUT2D eigenvalue weighted by molar-refractivity contribution is -0.0721. The molecule has 1 atom stereocenters. The fraction of sp³-hybridized carbons (Fsp3) is 0.682. The molecule has 2 fully saturated rings. The van der Waals surface area contributed by atoms with Gasteiger partial charge in [-0.3, -0.25) is 4.99 Å². The molecule has 3 rings (SSSR count). The van der Waals surface area contributed by atoms with E-state index in [0.717, 1.165) is 69.4 Å². The molecule has 0 radical (unpaired) electrons. The van der Waals surface area contributed by atoms with Crippen molar-refractivity contribution < 1.29 is 14.2 Å². The van der Waals surface area contributed by atoms with Crippen LogP contribution in [-0.4, -0.2) is 63.5 Å². The molecule has 2 aliphatic rings. The maximum atomic E-state index is 6.12. The highest BCUT2D eigenvalue weighted by Crippen LogP contribution is 2.20. The van der Waals surface area contributed by atoms with E-state index < -0.39 is 0 Å². The van der Waals surface area contributed by atoms with E-state index in [4.69, 9.17) is 14.2 Å². The second-order valence-corrected chi connectivity index (χ2v) is 7.71. The molecule has 7 heteroatoms. The van der Waals surface area contributed by atoms with Crippen molar-refractivity contribution in [2.24, 2.45) is 4.99 Å². The Kier molecular flexibility index (Phi) is 10.5. The maximum absolute atomic E-state index is 6.12. The molecule has 1 N–H and O–H groups in total. The van der Waals surface area contributed by atoms with E-state index in [1.807, 2.05) is 7.05 Å². The van der Waals surface area contributed by atoms with Crippen LogP contribution in [0.4, 0.5) is 0 Å². The summed E-state index contributed by atoms with van der Waals surface area (Å²) in [7, 11) is 3.56. The van der Waals surface area contributed by atoms with E-state index in [1.54, 1.807) is 7.11 Å². The molecule has 164 valence electrons. The number of rotatable bonds is 6. The summed E-state index contributed by atoms with van der Waals surface area (Å²) >= 11 is 0. The molecular formula is C22H36IN3O3. The van der Waals surface area contributed by atoms with Gasteiger partial charge in [-0.15, -0.1) is 24.0 Å². The minimum absolute atomic E-state index is 0. The van der Waals surface area contributed by atoms with Crippen molar-refractivity contribution in [1.29, 1.82) is 0 Å². The first-order valence-corrected chi connectivity index (χ1v) is 10.5. The standard InChI is InChI=1S/C22H35N3O3.HI/c1-17-7-8-18(14-21(17)26-3)15-24-22(23-2)25-11-9-19(10-12-25)28-16-20-6-4-5-13-27-20;/h7-8,14,19-20H,4-6,9-13,15-16H2,1-3H3,(H,23,24);1H. The van der Waals surface area contributed by atoms with Crippen molar-refractivity contribution in [3.8, 4) is 5.75 Å². The first-order chi connectivity index (χ1) is 13.7. The SMILES string of the molecule is CN=C(NCc1ccc(C)c(OC)c1)N1CCC(OCC2CCCCO2)CC1.I. The van der Waals surface area contributed by atoms with Crippen molar-refractivity contribution in [2.45, 2.75) is 57.8 Å². The first kappa shape index (κ1) is 24.2.